The molecular formula is C14H9BrN4O2. The Morgan fingerprint density at radius 2 is 2.05 bits per heavy atom. The number of azo groups is 1. The largest absolute Gasteiger partial charge is 0.476 e. The first kappa shape index (κ1) is 13.4. The molecular weight excluding hydrogens is 336 g/mol. The normalized spacial score (nSPS) is 11.3. The van der Waals surface area contributed by atoms with Gasteiger partial charge in [-0.3, -0.25) is 4.40 Å². The van der Waals surface area contributed by atoms with Crippen LogP contribution in [0.5, 0.6) is 0 Å². The van der Waals surface area contributed by atoms with Crippen molar-refractivity contribution >= 4 is 39.1 Å². The molecule has 0 bridgehead atoms. The lowest BCUT2D eigenvalue weighted by Gasteiger charge is -1.96. The quantitative estimate of drug-likeness (QED) is 0.722. The number of benzene rings is 1. The SMILES string of the molecule is O=C(O)c1nc2ccccn2c1N=Nc1cccc(Br)c1. The maximum absolute atomic E-state index is 11.3. The molecule has 1 N–H and O–H groups in total. The molecule has 21 heavy (non-hydrogen) atoms. The van der Waals surface area contributed by atoms with Gasteiger partial charge >= 0.3 is 5.97 Å². The zero-order valence-corrected chi connectivity index (χ0v) is 12.2. The van der Waals surface area contributed by atoms with Crippen LogP contribution in [0.4, 0.5) is 11.5 Å². The summed E-state index contributed by atoms with van der Waals surface area (Å²) in [6.07, 6.45) is 1.70. The van der Waals surface area contributed by atoms with Gasteiger partial charge in [-0.05, 0) is 30.3 Å². The molecule has 0 fully saturated rings. The number of halogens is 1. The van der Waals surface area contributed by atoms with E-state index in [2.05, 4.69) is 31.1 Å². The highest BCUT2D eigenvalue weighted by atomic mass is 79.9. The number of aromatic nitrogens is 2. The molecule has 0 aliphatic rings. The van der Waals surface area contributed by atoms with E-state index >= 15 is 0 Å². The van der Waals surface area contributed by atoms with Gasteiger partial charge in [-0.2, -0.15) is 0 Å². The minimum Gasteiger partial charge on any atom is -0.476 e. The summed E-state index contributed by atoms with van der Waals surface area (Å²) in [5, 5.41) is 17.3. The number of carboxylic acids is 1. The van der Waals surface area contributed by atoms with Gasteiger partial charge in [0.25, 0.3) is 0 Å². The molecule has 0 radical (unpaired) electrons. The Bertz CT molecular complexity index is 857. The maximum atomic E-state index is 11.3. The van der Waals surface area contributed by atoms with Crippen molar-refractivity contribution in [3.8, 4) is 0 Å². The molecule has 104 valence electrons. The van der Waals surface area contributed by atoms with E-state index in [0.717, 1.165) is 4.47 Å². The minimum atomic E-state index is -1.14. The van der Waals surface area contributed by atoms with Crippen molar-refractivity contribution in [3.63, 3.8) is 0 Å². The third-order valence-electron chi connectivity index (χ3n) is 2.78. The average molecular weight is 345 g/mol. The van der Waals surface area contributed by atoms with Gasteiger partial charge in [-0.25, -0.2) is 9.78 Å². The first-order valence-corrected chi connectivity index (χ1v) is 6.82. The number of aromatic carboxylic acids is 1. The number of hydrogen-bond acceptors (Lipinski definition) is 4. The molecule has 2 heterocycles. The Balaban J connectivity index is 2.11. The van der Waals surface area contributed by atoms with Gasteiger partial charge < -0.3 is 5.11 Å². The van der Waals surface area contributed by atoms with Crippen molar-refractivity contribution in [2.75, 3.05) is 0 Å². The molecule has 0 unspecified atom stereocenters. The van der Waals surface area contributed by atoms with E-state index in [1.54, 1.807) is 40.9 Å². The van der Waals surface area contributed by atoms with E-state index < -0.39 is 5.97 Å². The van der Waals surface area contributed by atoms with Crippen LogP contribution in [0.25, 0.3) is 5.65 Å². The molecule has 1 aromatic carbocycles. The summed E-state index contributed by atoms with van der Waals surface area (Å²) < 4.78 is 2.46. The van der Waals surface area contributed by atoms with E-state index in [1.165, 1.54) is 0 Å². The summed E-state index contributed by atoms with van der Waals surface area (Å²) in [4.78, 5) is 15.3. The Morgan fingerprint density at radius 3 is 2.81 bits per heavy atom. The molecule has 0 spiro atoms. The molecule has 0 aliphatic carbocycles. The fraction of sp³-hybridized carbons (Fsp3) is 0. The van der Waals surface area contributed by atoms with E-state index in [4.69, 9.17) is 0 Å². The Morgan fingerprint density at radius 1 is 1.19 bits per heavy atom. The molecule has 0 saturated heterocycles. The molecule has 3 rings (SSSR count). The molecule has 0 aliphatic heterocycles. The van der Waals surface area contributed by atoms with Crippen LogP contribution in [-0.4, -0.2) is 20.5 Å². The third-order valence-corrected chi connectivity index (χ3v) is 3.27. The van der Waals surface area contributed by atoms with Crippen LogP contribution in [0.1, 0.15) is 10.5 Å². The van der Waals surface area contributed by atoms with Crippen molar-refractivity contribution in [3.05, 3.63) is 58.8 Å². The number of hydrogen-bond donors (Lipinski definition) is 1. The lowest BCUT2D eigenvalue weighted by Crippen LogP contribution is -1.96. The van der Waals surface area contributed by atoms with Crippen LogP contribution < -0.4 is 0 Å². The zero-order chi connectivity index (χ0) is 14.8. The summed E-state index contributed by atoms with van der Waals surface area (Å²) in [5.74, 6) is -0.944. The lowest BCUT2D eigenvalue weighted by atomic mass is 10.3. The van der Waals surface area contributed by atoms with E-state index in [9.17, 15) is 9.90 Å². The van der Waals surface area contributed by atoms with Crippen LogP contribution in [0, 0.1) is 0 Å². The summed E-state index contributed by atoms with van der Waals surface area (Å²) in [6, 6.07) is 12.5. The molecule has 0 saturated carbocycles. The summed E-state index contributed by atoms with van der Waals surface area (Å²) in [5.41, 5.74) is 1.00. The Hall–Kier alpha value is -2.54. The Labute approximate surface area is 127 Å². The molecule has 2 aromatic heterocycles. The topological polar surface area (TPSA) is 79.3 Å². The third kappa shape index (κ3) is 2.68. The predicted octanol–water partition coefficient (Wildman–Crippen LogP) is 4.21. The number of carbonyl (C=O) groups is 1. The molecule has 7 heteroatoms. The average Bonchev–Trinajstić information content (AvgIpc) is 2.84. The molecule has 0 amide bonds. The van der Waals surface area contributed by atoms with Crippen LogP contribution in [-0.2, 0) is 0 Å². The number of pyridine rings is 1. The zero-order valence-electron chi connectivity index (χ0n) is 10.6. The highest BCUT2D eigenvalue weighted by Crippen LogP contribution is 2.25. The minimum absolute atomic E-state index is 0.125. The highest BCUT2D eigenvalue weighted by Gasteiger charge is 2.17. The van der Waals surface area contributed by atoms with E-state index in [1.807, 2.05) is 12.1 Å². The second-order valence-electron chi connectivity index (χ2n) is 4.20. The first-order chi connectivity index (χ1) is 10.1. The molecule has 3 aromatic rings. The molecule has 6 nitrogen and oxygen atoms in total. The van der Waals surface area contributed by atoms with Gasteiger partial charge in [0.1, 0.15) is 5.65 Å². The van der Waals surface area contributed by atoms with Gasteiger partial charge in [-0.15, -0.1) is 10.2 Å². The van der Waals surface area contributed by atoms with Crippen LogP contribution in [0.15, 0.2) is 63.4 Å². The highest BCUT2D eigenvalue weighted by molar-refractivity contribution is 9.10. The number of nitrogens with zero attached hydrogens (tertiary/aromatic N) is 4. The van der Waals surface area contributed by atoms with Crippen molar-refractivity contribution in [2.45, 2.75) is 0 Å². The van der Waals surface area contributed by atoms with Crippen LogP contribution in [0.3, 0.4) is 0 Å². The predicted molar refractivity (Wildman–Crippen MR) is 80.5 cm³/mol. The maximum Gasteiger partial charge on any atom is 0.358 e. The summed E-state index contributed by atoms with van der Waals surface area (Å²) in [6.45, 7) is 0. The van der Waals surface area contributed by atoms with Crippen LogP contribution in [0.2, 0.25) is 0 Å². The lowest BCUT2D eigenvalue weighted by molar-refractivity contribution is 0.0692. The Kier molecular flexibility index (Phi) is 3.49. The number of rotatable bonds is 3. The van der Waals surface area contributed by atoms with Crippen LogP contribution >= 0.6 is 15.9 Å². The van der Waals surface area contributed by atoms with Gasteiger partial charge in [0, 0.05) is 10.7 Å². The first-order valence-electron chi connectivity index (χ1n) is 6.03. The van der Waals surface area contributed by atoms with Gasteiger partial charge in [0.15, 0.2) is 11.5 Å². The van der Waals surface area contributed by atoms with Gasteiger partial charge in [0.2, 0.25) is 0 Å². The van der Waals surface area contributed by atoms with Gasteiger partial charge in [-0.1, -0.05) is 28.1 Å². The summed E-state index contributed by atoms with van der Waals surface area (Å²) in [7, 11) is 0. The van der Waals surface area contributed by atoms with Gasteiger partial charge in [0.05, 0.1) is 5.69 Å². The standard InChI is InChI=1S/C14H9BrN4O2/c15-9-4-3-5-10(8-9)17-18-13-12(14(20)21)16-11-6-1-2-7-19(11)13/h1-8H,(H,20,21). The van der Waals surface area contributed by atoms with E-state index in [0.29, 0.717) is 11.3 Å². The number of carboxylic acid groups (broad SMARTS) is 1. The molecule has 0 atom stereocenters. The second kappa shape index (κ2) is 5.45. The fourth-order valence-electron chi connectivity index (χ4n) is 1.87. The van der Waals surface area contributed by atoms with Crippen molar-refractivity contribution in [2.24, 2.45) is 10.2 Å². The fourth-order valence-corrected chi connectivity index (χ4v) is 2.25. The van der Waals surface area contributed by atoms with Crippen molar-refractivity contribution in [1.82, 2.24) is 9.38 Å². The smallest absolute Gasteiger partial charge is 0.358 e. The number of fused-ring (bicyclic) bond motifs is 1. The van der Waals surface area contributed by atoms with Crippen molar-refractivity contribution < 1.29 is 9.90 Å². The van der Waals surface area contributed by atoms with Crippen molar-refractivity contribution in [1.29, 1.82) is 0 Å². The monoisotopic (exact) mass is 344 g/mol. The number of imidazole rings is 1. The summed E-state index contributed by atoms with van der Waals surface area (Å²) >= 11 is 3.35. The second-order valence-corrected chi connectivity index (χ2v) is 5.11. The van der Waals surface area contributed by atoms with E-state index in [-0.39, 0.29) is 11.5 Å².